The summed E-state index contributed by atoms with van der Waals surface area (Å²) in [5.74, 6) is -0.0385. The summed E-state index contributed by atoms with van der Waals surface area (Å²) in [5, 5.41) is 0. The Labute approximate surface area is 177 Å². The number of ether oxygens (including phenoxy) is 2. The SMILES string of the molecule is CC(C)(C)OC(=O)N1CCC[C@H](C(=O)NNC(=O)C[C@@H]2CCOc3ccccc32)C1. The molecule has 1 saturated heterocycles. The summed E-state index contributed by atoms with van der Waals surface area (Å²) < 4.78 is 11.0. The van der Waals surface area contributed by atoms with Crippen LogP contribution in [0.4, 0.5) is 4.79 Å². The van der Waals surface area contributed by atoms with Crippen LogP contribution in [0, 0.1) is 5.92 Å². The summed E-state index contributed by atoms with van der Waals surface area (Å²) in [6, 6.07) is 7.71. The van der Waals surface area contributed by atoms with Crippen molar-refractivity contribution in [2.75, 3.05) is 19.7 Å². The molecule has 3 rings (SSSR count). The highest BCUT2D eigenvalue weighted by molar-refractivity contribution is 5.84. The van der Waals surface area contributed by atoms with Crippen LogP contribution in [0.3, 0.4) is 0 Å². The lowest BCUT2D eigenvalue weighted by atomic mass is 9.90. The normalized spacial score (nSPS) is 21.1. The maximum Gasteiger partial charge on any atom is 0.410 e. The molecule has 0 saturated carbocycles. The first-order valence-electron chi connectivity index (χ1n) is 10.5. The molecule has 2 aliphatic heterocycles. The van der Waals surface area contributed by atoms with E-state index in [2.05, 4.69) is 10.9 Å². The number of carbonyl (C=O) groups excluding carboxylic acids is 3. The number of hydrogen-bond donors (Lipinski definition) is 2. The highest BCUT2D eigenvalue weighted by Crippen LogP contribution is 2.35. The minimum Gasteiger partial charge on any atom is -0.493 e. The van der Waals surface area contributed by atoms with Crippen molar-refractivity contribution in [3.63, 3.8) is 0 Å². The van der Waals surface area contributed by atoms with Gasteiger partial charge in [0.05, 0.1) is 12.5 Å². The molecule has 2 aliphatic rings. The van der Waals surface area contributed by atoms with E-state index in [1.807, 2.05) is 45.0 Å². The summed E-state index contributed by atoms with van der Waals surface area (Å²) >= 11 is 0. The highest BCUT2D eigenvalue weighted by Gasteiger charge is 2.31. The Bertz CT molecular complexity index is 789. The first-order chi connectivity index (χ1) is 14.2. The Morgan fingerprint density at radius 2 is 1.93 bits per heavy atom. The maximum atomic E-state index is 12.5. The number of benzene rings is 1. The van der Waals surface area contributed by atoms with Gasteiger partial charge in [0, 0.05) is 19.5 Å². The molecule has 0 bridgehead atoms. The van der Waals surface area contributed by atoms with E-state index >= 15 is 0 Å². The van der Waals surface area contributed by atoms with Crippen LogP contribution in [-0.2, 0) is 14.3 Å². The number of piperidine rings is 1. The van der Waals surface area contributed by atoms with E-state index in [-0.39, 0.29) is 36.6 Å². The van der Waals surface area contributed by atoms with Gasteiger partial charge >= 0.3 is 6.09 Å². The van der Waals surface area contributed by atoms with Gasteiger partial charge in [0.25, 0.3) is 0 Å². The fourth-order valence-corrected chi connectivity index (χ4v) is 3.82. The third kappa shape index (κ3) is 5.87. The summed E-state index contributed by atoms with van der Waals surface area (Å²) in [6.45, 7) is 6.85. The summed E-state index contributed by atoms with van der Waals surface area (Å²) in [6.07, 6.45) is 1.99. The predicted octanol–water partition coefficient (Wildman–Crippen LogP) is 2.74. The molecule has 2 N–H and O–H groups in total. The fourth-order valence-electron chi connectivity index (χ4n) is 3.82. The van der Waals surface area contributed by atoms with Crippen LogP contribution in [0.1, 0.15) is 57.9 Å². The largest absolute Gasteiger partial charge is 0.493 e. The molecule has 0 aromatic heterocycles. The number of hydrazine groups is 1. The van der Waals surface area contributed by atoms with E-state index in [0.717, 1.165) is 17.7 Å². The Balaban J connectivity index is 1.47. The van der Waals surface area contributed by atoms with Gasteiger partial charge in [-0.1, -0.05) is 18.2 Å². The third-order valence-corrected chi connectivity index (χ3v) is 5.28. The molecular weight excluding hydrogens is 386 g/mol. The lowest BCUT2D eigenvalue weighted by molar-refractivity contribution is -0.132. The zero-order valence-electron chi connectivity index (χ0n) is 17.9. The third-order valence-electron chi connectivity index (χ3n) is 5.28. The molecule has 8 nitrogen and oxygen atoms in total. The van der Waals surface area contributed by atoms with Crippen molar-refractivity contribution >= 4 is 17.9 Å². The minimum absolute atomic E-state index is 0.0594. The predicted molar refractivity (Wildman–Crippen MR) is 111 cm³/mol. The molecular formula is C22H31N3O5. The van der Waals surface area contributed by atoms with Gasteiger partial charge < -0.3 is 14.4 Å². The number of nitrogens with one attached hydrogen (secondary N) is 2. The van der Waals surface area contributed by atoms with E-state index in [1.165, 1.54) is 0 Å². The van der Waals surface area contributed by atoms with Crippen molar-refractivity contribution in [1.29, 1.82) is 0 Å². The van der Waals surface area contributed by atoms with Crippen molar-refractivity contribution in [2.24, 2.45) is 5.92 Å². The average molecular weight is 418 g/mol. The number of hydrogen-bond acceptors (Lipinski definition) is 5. The van der Waals surface area contributed by atoms with Gasteiger partial charge in [0.15, 0.2) is 0 Å². The monoisotopic (exact) mass is 417 g/mol. The van der Waals surface area contributed by atoms with Crippen molar-refractivity contribution in [3.05, 3.63) is 29.8 Å². The topological polar surface area (TPSA) is 97.0 Å². The molecule has 1 aromatic rings. The number of likely N-dealkylation sites (tertiary alicyclic amines) is 1. The van der Waals surface area contributed by atoms with E-state index in [9.17, 15) is 14.4 Å². The average Bonchev–Trinajstić information content (AvgIpc) is 2.71. The van der Waals surface area contributed by atoms with Gasteiger partial charge in [-0.05, 0) is 57.6 Å². The maximum absolute atomic E-state index is 12.5. The van der Waals surface area contributed by atoms with E-state index < -0.39 is 11.7 Å². The first-order valence-corrected chi connectivity index (χ1v) is 10.5. The van der Waals surface area contributed by atoms with E-state index in [0.29, 0.717) is 26.0 Å². The fraction of sp³-hybridized carbons (Fsp3) is 0.591. The Morgan fingerprint density at radius 3 is 2.70 bits per heavy atom. The van der Waals surface area contributed by atoms with Gasteiger partial charge in [0.1, 0.15) is 11.4 Å². The molecule has 2 atom stereocenters. The van der Waals surface area contributed by atoms with Gasteiger partial charge in [-0.3, -0.25) is 20.4 Å². The van der Waals surface area contributed by atoms with Crippen LogP contribution in [0.15, 0.2) is 24.3 Å². The molecule has 0 aliphatic carbocycles. The molecule has 0 radical (unpaired) electrons. The molecule has 1 aromatic carbocycles. The zero-order valence-corrected chi connectivity index (χ0v) is 17.9. The van der Waals surface area contributed by atoms with Crippen LogP contribution in [0.2, 0.25) is 0 Å². The second kappa shape index (κ2) is 9.36. The first kappa shape index (κ1) is 21.9. The Kier molecular flexibility index (Phi) is 6.84. The molecule has 8 heteroatoms. The molecule has 3 amide bonds. The van der Waals surface area contributed by atoms with Crippen molar-refractivity contribution in [3.8, 4) is 5.75 Å². The summed E-state index contributed by atoms with van der Waals surface area (Å²) in [5.41, 5.74) is 5.49. The second-order valence-corrected chi connectivity index (χ2v) is 8.88. The number of fused-ring (bicyclic) bond motifs is 1. The molecule has 30 heavy (non-hydrogen) atoms. The Morgan fingerprint density at radius 1 is 1.17 bits per heavy atom. The summed E-state index contributed by atoms with van der Waals surface area (Å²) in [4.78, 5) is 38.7. The molecule has 164 valence electrons. The number of nitrogens with zero attached hydrogens (tertiary/aromatic N) is 1. The van der Waals surface area contributed by atoms with Crippen molar-refractivity contribution in [1.82, 2.24) is 15.8 Å². The van der Waals surface area contributed by atoms with Gasteiger partial charge in [-0.15, -0.1) is 0 Å². The van der Waals surface area contributed by atoms with Gasteiger partial charge in [-0.2, -0.15) is 0 Å². The van der Waals surface area contributed by atoms with Crippen LogP contribution in [-0.4, -0.2) is 48.1 Å². The van der Waals surface area contributed by atoms with Gasteiger partial charge in [0.2, 0.25) is 11.8 Å². The van der Waals surface area contributed by atoms with E-state index in [1.54, 1.807) is 4.90 Å². The quantitative estimate of drug-likeness (QED) is 0.737. The summed E-state index contributed by atoms with van der Waals surface area (Å²) in [7, 11) is 0. The number of carbonyl (C=O) groups is 3. The smallest absolute Gasteiger partial charge is 0.410 e. The molecule has 1 fully saturated rings. The van der Waals surface area contributed by atoms with Crippen LogP contribution in [0.5, 0.6) is 5.75 Å². The molecule has 2 heterocycles. The van der Waals surface area contributed by atoms with Crippen LogP contribution >= 0.6 is 0 Å². The second-order valence-electron chi connectivity index (χ2n) is 8.88. The number of para-hydroxylation sites is 1. The highest BCUT2D eigenvalue weighted by atomic mass is 16.6. The van der Waals surface area contributed by atoms with E-state index in [4.69, 9.17) is 9.47 Å². The molecule has 0 unspecified atom stereocenters. The standard InChI is InChI=1S/C22H31N3O5/c1-22(2,3)30-21(28)25-11-6-7-16(14-25)20(27)24-23-19(26)13-15-10-12-29-18-9-5-4-8-17(15)18/h4-5,8-9,15-16H,6-7,10-14H2,1-3H3,(H,23,26)(H,24,27)/t15-,16-/m0/s1. The van der Waals surface area contributed by atoms with Crippen LogP contribution < -0.4 is 15.6 Å². The minimum atomic E-state index is -0.580. The van der Waals surface area contributed by atoms with Crippen LogP contribution in [0.25, 0.3) is 0 Å². The number of rotatable bonds is 3. The lowest BCUT2D eigenvalue weighted by Gasteiger charge is -2.33. The Hall–Kier alpha value is -2.77. The van der Waals surface area contributed by atoms with Gasteiger partial charge in [-0.25, -0.2) is 4.79 Å². The zero-order chi connectivity index (χ0) is 21.7. The lowest BCUT2D eigenvalue weighted by Crippen LogP contribution is -2.50. The molecule has 0 spiro atoms. The van der Waals surface area contributed by atoms with Crippen molar-refractivity contribution < 1.29 is 23.9 Å². The van der Waals surface area contributed by atoms with Crippen molar-refractivity contribution in [2.45, 2.75) is 58.0 Å². The number of amides is 3.